The van der Waals surface area contributed by atoms with E-state index >= 15 is 0 Å². The van der Waals surface area contributed by atoms with Crippen LogP contribution < -0.4 is 4.74 Å². The summed E-state index contributed by atoms with van der Waals surface area (Å²) in [4.78, 5) is 12.3. The second-order valence-corrected chi connectivity index (χ2v) is 8.67. The number of carbonyl (C=O) groups excluding carboxylic acids is 1. The van der Waals surface area contributed by atoms with Crippen LogP contribution in [0.5, 0.6) is 5.75 Å². The topological polar surface area (TPSA) is 101 Å². The van der Waals surface area contributed by atoms with Gasteiger partial charge in [-0.25, -0.2) is 8.42 Å². The van der Waals surface area contributed by atoms with Crippen molar-refractivity contribution in [3.05, 3.63) is 72.3 Å². The van der Waals surface area contributed by atoms with Gasteiger partial charge in [0.25, 0.3) is 0 Å². The summed E-state index contributed by atoms with van der Waals surface area (Å²) >= 11 is 0. The number of fused-ring (bicyclic) bond motifs is 3. The quantitative estimate of drug-likeness (QED) is 0.361. The first kappa shape index (κ1) is 19.6. The van der Waals surface area contributed by atoms with Gasteiger partial charge >= 0.3 is 5.97 Å². The fraction of sp³-hybridized carbons (Fsp3) is 0.0909. The molecule has 0 amide bonds. The fourth-order valence-electron chi connectivity index (χ4n) is 3.08. The molecule has 0 bridgehead atoms. The molecule has 0 aliphatic rings. The van der Waals surface area contributed by atoms with Gasteiger partial charge in [0.2, 0.25) is 10.0 Å². The minimum Gasteiger partial charge on any atom is -0.456 e. The van der Waals surface area contributed by atoms with Crippen molar-refractivity contribution >= 4 is 37.9 Å². The third-order valence-electron chi connectivity index (χ3n) is 4.62. The maximum absolute atomic E-state index is 12.6. The van der Waals surface area contributed by atoms with Gasteiger partial charge in [-0.3, -0.25) is 4.79 Å². The highest BCUT2D eigenvalue weighted by Gasteiger charge is 2.24. The van der Waals surface area contributed by atoms with E-state index in [9.17, 15) is 13.2 Å². The van der Waals surface area contributed by atoms with Gasteiger partial charge in [-0.05, 0) is 48.5 Å². The van der Waals surface area contributed by atoms with E-state index in [0.29, 0.717) is 16.9 Å². The van der Waals surface area contributed by atoms with Gasteiger partial charge in [0.05, 0.1) is 16.5 Å². The summed E-state index contributed by atoms with van der Waals surface area (Å²) in [5.41, 5.74) is 1.74. The summed E-state index contributed by atoms with van der Waals surface area (Å²) in [5.74, 6) is -0.426. The summed E-state index contributed by atoms with van der Waals surface area (Å²) in [5, 5.41) is 10.5. The predicted octanol–water partition coefficient (Wildman–Crippen LogP) is 3.68. The van der Waals surface area contributed by atoms with Gasteiger partial charge in [0.1, 0.15) is 23.5 Å². The Labute approximate surface area is 172 Å². The van der Waals surface area contributed by atoms with Gasteiger partial charge in [-0.15, -0.1) is 0 Å². The summed E-state index contributed by atoms with van der Waals surface area (Å²) < 4.78 is 37.3. The number of hydrogen-bond acceptors (Lipinski definition) is 6. The van der Waals surface area contributed by atoms with E-state index in [0.717, 1.165) is 20.7 Å². The van der Waals surface area contributed by atoms with E-state index in [1.54, 1.807) is 18.2 Å². The molecule has 7 nitrogen and oxygen atoms in total. The average Bonchev–Trinajstić information content (AvgIpc) is 3.11. The minimum atomic E-state index is -3.90. The number of sulfonamides is 1. The van der Waals surface area contributed by atoms with E-state index in [1.807, 2.05) is 30.3 Å². The van der Waals surface area contributed by atoms with Crippen LogP contribution in [0, 0.1) is 11.3 Å². The molecule has 0 atom stereocenters. The Hall–Kier alpha value is -3.67. The number of esters is 1. The van der Waals surface area contributed by atoms with Crippen molar-refractivity contribution in [2.75, 3.05) is 13.6 Å². The SMILES string of the molecule is CN(CC(=O)Oc1ccc2oc3ccccc3c2c1)S(=O)(=O)c1ccc(C#N)cc1. The molecule has 8 heteroatoms. The zero-order valence-corrected chi connectivity index (χ0v) is 16.7. The molecule has 0 saturated carbocycles. The molecule has 0 N–H and O–H groups in total. The van der Waals surface area contributed by atoms with E-state index in [4.69, 9.17) is 14.4 Å². The molecule has 1 heterocycles. The van der Waals surface area contributed by atoms with Crippen molar-refractivity contribution in [3.63, 3.8) is 0 Å². The van der Waals surface area contributed by atoms with E-state index < -0.39 is 22.5 Å². The number of hydrogen-bond donors (Lipinski definition) is 0. The Balaban J connectivity index is 1.51. The van der Waals surface area contributed by atoms with E-state index in [2.05, 4.69) is 0 Å². The van der Waals surface area contributed by atoms with Crippen LogP contribution in [0.25, 0.3) is 21.9 Å². The number of likely N-dealkylation sites (N-methyl/N-ethyl adjacent to an activating group) is 1. The number of rotatable bonds is 5. The van der Waals surface area contributed by atoms with Crippen molar-refractivity contribution in [3.8, 4) is 11.8 Å². The highest BCUT2D eigenvalue weighted by Crippen LogP contribution is 2.31. The highest BCUT2D eigenvalue weighted by atomic mass is 32.2. The van der Waals surface area contributed by atoms with Gasteiger partial charge in [0.15, 0.2) is 0 Å². The Morgan fingerprint density at radius 1 is 1.03 bits per heavy atom. The molecule has 0 unspecified atom stereocenters. The molecule has 150 valence electrons. The fourth-order valence-corrected chi connectivity index (χ4v) is 4.20. The Morgan fingerprint density at radius 2 is 1.73 bits per heavy atom. The second-order valence-electron chi connectivity index (χ2n) is 6.63. The lowest BCUT2D eigenvalue weighted by Gasteiger charge is -2.16. The third-order valence-corrected chi connectivity index (χ3v) is 6.44. The molecule has 0 aliphatic carbocycles. The molecule has 0 saturated heterocycles. The van der Waals surface area contributed by atoms with Crippen LogP contribution in [-0.4, -0.2) is 32.3 Å². The van der Waals surface area contributed by atoms with Crippen LogP contribution in [0.15, 0.2) is 76.0 Å². The van der Waals surface area contributed by atoms with Crippen molar-refractivity contribution in [2.24, 2.45) is 0 Å². The van der Waals surface area contributed by atoms with Gasteiger partial charge < -0.3 is 9.15 Å². The van der Waals surface area contributed by atoms with Crippen molar-refractivity contribution in [2.45, 2.75) is 4.90 Å². The van der Waals surface area contributed by atoms with Crippen LogP contribution in [0.2, 0.25) is 0 Å². The summed E-state index contributed by atoms with van der Waals surface area (Å²) in [6.07, 6.45) is 0. The Bertz CT molecular complexity index is 1400. The molecule has 1 aromatic heterocycles. The van der Waals surface area contributed by atoms with Crippen molar-refractivity contribution < 1.29 is 22.4 Å². The first-order chi connectivity index (χ1) is 14.4. The van der Waals surface area contributed by atoms with Crippen LogP contribution in [0.1, 0.15) is 5.56 Å². The number of ether oxygens (including phenoxy) is 1. The zero-order valence-electron chi connectivity index (χ0n) is 15.9. The molecule has 0 fully saturated rings. The number of furan rings is 1. The Kier molecular flexibility index (Phi) is 4.99. The number of benzene rings is 3. The standard InChI is InChI=1S/C22H16N2O5S/c1-24(30(26,27)17-9-6-15(13-23)7-10-17)14-22(25)28-16-8-11-21-19(12-16)18-4-2-3-5-20(18)29-21/h2-12H,14H2,1H3. The molecule has 0 spiro atoms. The smallest absolute Gasteiger partial charge is 0.326 e. The number of para-hydroxylation sites is 1. The van der Waals surface area contributed by atoms with Crippen LogP contribution in [0.3, 0.4) is 0 Å². The normalized spacial score (nSPS) is 11.6. The first-order valence-electron chi connectivity index (χ1n) is 8.97. The van der Waals surface area contributed by atoms with Crippen molar-refractivity contribution in [1.82, 2.24) is 4.31 Å². The molecule has 4 rings (SSSR count). The molecular weight excluding hydrogens is 404 g/mol. The molecular formula is C22H16N2O5S. The molecule has 30 heavy (non-hydrogen) atoms. The summed E-state index contributed by atoms with van der Waals surface area (Å²) in [7, 11) is -2.60. The average molecular weight is 420 g/mol. The number of nitriles is 1. The highest BCUT2D eigenvalue weighted by molar-refractivity contribution is 7.89. The maximum Gasteiger partial charge on any atom is 0.326 e. The third kappa shape index (κ3) is 3.64. The van der Waals surface area contributed by atoms with Gasteiger partial charge in [-0.1, -0.05) is 18.2 Å². The summed E-state index contributed by atoms with van der Waals surface area (Å²) in [6, 6.07) is 19.9. The summed E-state index contributed by atoms with van der Waals surface area (Å²) in [6.45, 7) is -0.466. The number of nitrogens with zero attached hydrogens (tertiary/aromatic N) is 2. The Morgan fingerprint density at radius 3 is 2.47 bits per heavy atom. The van der Waals surface area contributed by atoms with Crippen LogP contribution >= 0.6 is 0 Å². The molecule has 0 aliphatic heterocycles. The first-order valence-corrected chi connectivity index (χ1v) is 10.4. The van der Waals surface area contributed by atoms with Gasteiger partial charge in [0, 0.05) is 17.8 Å². The van der Waals surface area contributed by atoms with E-state index in [-0.39, 0.29) is 4.90 Å². The molecule has 0 radical (unpaired) electrons. The lowest BCUT2D eigenvalue weighted by atomic mass is 10.1. The number of carbonyl (C=O) groups is 1. The van der Waals surface area contributed by atoms with Crippen LogP contribution in [0.4, 0.5) is 0 Å². The van der Waals surface area contributed by atoms with Gasteiger partial charge in [-0.2, -0.15) is 9.57 Å². The maximum atomic E-state index is 12.6. The lowest BCUT2D eigenvalue weighted by molar-refractivity contribution is -0.134. The minimum absolute atomic E-state index is 0.0110. The van der Waals surface area contributed by atoms with E-state index in [1.165, 1.54) is 31.3 Å². The van der Waals surface area contributed by atoms with Crippen molar-refractivity contribution in [1.29, 1.82) is 5.26 Å². The molecule has 3 aromatic carbocycles. The lowest BCUT2D eigenvalue weighted by Crippen LogP contribution is -2.34. The predicted molar refractivity (Wildman–Crippen MR) is 110 cm³/mol. The van der Waals surface area contributed by atoms with Crippen LogP contribution in [-0.2, 0) is 14.8 Å². The molecule has 4 aromatic rings. The zero-order chi connectivity index (χ0) is 21.3. The monoisotopic (exact) mass is 420 g/mol. The second kappa shape index (κ2) is 7.63. The largest absolute Gasteiger partial charge is 0.456 e.